The summed E-state index contributed by atoms with van der Waals surface area (Å²) in [6.45, 7) is 2.08. The Labute approximate surface area is 101 Å². The molecule has 0 aliphatic heterocycles. The van der Waals surface area contributed by atoms with E-state index in [2.05, 4.69) is 46.5 Å². The van der Waals surface area contributed by atoms with Gasteiger partial charge in [-0.05, 0) is 25.1 Å². The average Bonchev–Trinajstić information content (AvgIpc) is 2.39. The predicted molar refractivity (Wildman–Crippen MR) is 70.8 cm³/mol. The minimum atomic E-state index is 0.626. The Kier molecular flexibility index (Phi) is 3.23. The Balaban J connectivity index is 2.29. The maximum absolute atomic E-state index is 4.39. The van der Waals surface area contributed by atoms with E-state index >= 15 is 0 Å². The second kappa shape index (κ2) is 4.82. The summed E-state index contributed by atoms with van der Waals surface area (Å²) in [5, 5.41) is 2.93. The van der Waals surface area contributed by atoms with Crippen LogP contribution in [0, 0.1) is 6.92 Å². The van der Waals surface area contributed by atoms with Gasteiger partial charge in [-0.3, -0.25) is 0 Å². The number of aryl methyl sites for hydroxylation is 1. The van der Waals surface area contributed by atoms with Gasteiger partial charge < -0.3 is 10.2 Å². The second-order valence-electron chi connectivity index (χ2n) is 3.88. The third kappa shape index (κ3) is 2.53. The molecule has 1 aromatic carbocycles. The van der Waals surface area contributed by atoms with Crippen molar-refractivity contribution in [3.05, 3.63) is 42.1 Å². The van der Waals surface area contributed by atoms with E-state index in [1.54, 1.807) is 6.20 Å². The lowest BCUT2D eigenvalue weighted by Crippen LogP contribution is -2.12. The maximum Gasteiger partial charge on any atom is 0.224 e. The summed E-state index contributed by atoms with van der Waals surface area (Å²) in [5.41, 5.74) is 2.36. The van der Waals surface area contributed by atoms with Gasteiger partial charge in [0.05, 0.1) is 0 Å². The van der Waals surface area contributed by atoms with Crippen LogP contribution in [0.3, 0.4) is 0 Å². The molecule has 2 aromatic rings. The molecule has 4 heteroatoms. The number of nitrogens with zero attached hydrogens (tertiary/aromatic N) is 3. The van der Waals surface area contributed by atoms with Crippen LogP contribution in [0.15, 0.2) is 36.5 Å². The third-order valence-electron chi connectivity index (χ3n) is 2.63. The molecule has 88 valence electrons. The van der Waals surface area contributed by atoms with Gasteiger partial charge in [-0.1, -0.05) is 17.7 Å². The van der Waals surface area contributed by atoms with Gasteiger partial charge in [0.1, 0.15) is 5.82 Å². The van der Waals surface area contributed by atoms with Gasteiger partial charge in [0.15, 0.2) is 0 Å². The lowest BCUT2D eigenvalue weighted by atomic mass is 10.2. The van der Waals surface area contributed by atoms with Crippen LogP contribution in [0.4, 0.5) is 17.5 Å². The van der Waals surface area contributed by atoms with Gasteiger partial charge in [-0.15, -0.1) is 0 Å². The Morgan fingerprint density at radius 1 is 1.12 bits per heavy atom. The van der Waals surface area contributed by atoms with Gasteiger partial charge in [-0.25, -0.2) is 4.98 Å². The molecule has 0 aliphatic rings. The molecular formula is C13H16N4. The van der Waals surface area contributed by atoms with E-state index in [9.17, 15) is 0 Å². The first kappa shape index (κ1) is 11.4. The molecule has 0 fully saturated rings. The number of benzene rings is 1. The lowest BCUT2D eigenvalue weighted by Gasteiger charge is -2.18. The zero-order valence-corrected chi connectivity index (χ0v) is 10.3. The molecule has 1 aromatic heterocycles. The zero-order chi connectivity index (χ0) is 12.3. The van der Waals surface area contributed by atoms with Crippen LogP contribution in [0.1, 0.15) is 5.56 Å². The first-order valence-corrected chi connectivity index (χ1v) is 5.52. The van der Waals surface area contributed by atoms with E-state index < -0.39 is 0 Å². The lowest BCUT2D eigenvalue weighted by molar-refractivity contribution is 1.08. The van der Waals surface area contributed by atoms with E-state index in [0.29, 0.717) is 5.95 Å². The second-order valence-corrected chi connectivity index (χ2v) is 3.88. The first-order chi connectivity index (χ1) is 8.20. The molecule has 0 amide bonds. The molecule has 0 bridgehead atoms. The summed E-state index contributed by atoms with van der Waals surface area (Å²) < 4.78 is 0. The monoisotopic (exact) mass is 228 g/mol. The van der Waals surface area contributed by atoms with Crippen LogP contribution in [0.5, 0.6) is 0 Å². The highest BCUT2D eigenvalue weighted by atomic mass is 15.2. The van der Waals surface area contributed by atoms with Gasteiger partial charge in [0.25, 0.3) is 0 Å². The molecule has 0 saturated heterocycles. The van der Waals surface area contributed by atoms with Crippen LogP contribution in [-0.4, -0.2) is 24.1 Å². The molecule has 0 spiro atoms. The van der Waals surface area contributed by atoms with Crippen LogP contribution in [0.25, 0.3) is 0 Å². The molecule has 0 unspecified atom stereocenters. The van der Waals surface area contributed by atoms with Gasteiger partial charge >= 0.3 is 0 Å². The molecule has 0 atom stereocenters. The summed E-state index contributed by atoms with van der Waals surface area (Å²) in [5.74, 6) is 1.50. The quantitative estimate of drug-likeness (QED) is 0.876. The van der Waals surface area contributed by atoms with Crippen molar-refractivity contribution < 1.29 is 0 Å². The largest absolute Gasteiger partial charge is 0.357 e. The van der Waals surface area contributed by atoms with Gasteiger partial charge in [0, 0.05) is 26.0 Å². The highest BCUT2D eigenvalue weighted by Gasteiger charge is 2.05. The Morgan fingerprint density at radius 3 is 2.47 bits per heavy atom. The van der Waals surface area contributed by atoms with Crippen molar-refractivity contribution in [3.8, 4) is 0 Å². The van der Waals surface area contributed by atoms with Crippen LogP contribution in [0.2, 0.25) is 0 Å². The smallest absolute Gasteiger partial charge is 0.224 e. The number of anilines is 3. The molecule has 4 nitrogen and oxygen atoms in total. The zero-order valence-electron chi connectivity index (χ0n) is 10.3. The van der Waals surface area contributed by atoms with Crippen molar-refractivity contribution >= 4 is 17.5 Å². The number of rotatable bonds is 3. The molecule has 17 heavy (non-hydrogen) atoms. The fourth-order valence-corrected chi connectivity index (χ4v) is 1.56. The van der Waals surface area contributed by atoms with Crippen molar-refractivity contribution in [2.75, 3.05) is 24.3 Å². The third-order valence-corrected chi connectivity index (χ3v) is 2.63. The SMILES string of the molecule is CNc1nccc(N(C)c2ccc(C)cc2)n1. The summed E-state index contributed by atoms with van der Waals surface area (Å²) in [7, 11) is 3.80. The van der Waals surface area contributed by atoms with E-state index in [0.717, 1.165) is 11.5 Å². The minimum absolute atomic E-state index is 0.626. The van der Waals surface area contributed by atoms with E-state index in [-0.39, 0.29) is 0 Å². The fourth-order valence-electron chi connectivity index (χ4n) is 1.56. The van der Waals surface area contributed by atoms with Crippen LogP contribution >= 0.6 is 0 Å². The van der Waals surface area contributed by atoms with Crippen LogP contribution < -0.4 is 10.2 Å². The topological polar surface area (TPSA) is 41.1 Å². The molecule has 2 rings (SSSR count). The van der Waals surface area contributed by atoms with E-state index in [4.69, 9.17) is 0 Å². The Morgan fingerprint density at radius 2 is 1.82 bits per heavy atom. The van der Waals surface area contributed by atoms with Crippen LogP contribution in [-0.2, 0) is 0 Å². The number of hydrogen-bond donors (Lipinski definition) is 1. The molecule has 0 saturated carbocycles. The minimum Gasteiger partial charge on any atom is -0.357 e. The molecular weight excluding hydrogens is 212 g/mol. The normalized spacial score (nSPS) is 10.1. The summed E-state index contributed by atoms with van der Waals surface area (Å²) in [4.78, 5) is 10.5. The Hall–Kier alpha value is -2.10. The molecule has 1 heterocycles. The standard InChI is InChI=1S/C13H16N4/c1-10-4-6-11(7-5-10)17(3)12-8-9-15-13(14-2)16-12/h4-9H,1-3H3,(H,14,15,16). The van der Waals surface area contributed by atoms with Crippen molar-refractivity contribution in [1.82, 2.24) is 9.97 Å². The fraction of sp³-hybridized carbons (Fsp3) is 0.231. The van der Waals surface area contributed by atoms with Crippen molar-refractivity contribution in [3.63, 3.8) is 0 Å². The first-order valence-electron chi connectivity index (χ1n) is 5.52. The van der Waals surface area contributed by atoms with Gasteiger partial charge in [0.2, 0.25) is 5.95 Å². The van der Waals surface area contributed by atoms with Crippen molar-refractivity contribution in [2.45, 2.75) is 6.92 Å². The Bertz CT molecular complexity index is 493. The van der Waals surface area contributed by atoms with E-state index in [1.165, 1.54) is 5.56 Å². The highest BCUT2D eigenvalue weighted by molar-refractivity contribution is 5.59. The van der Waals surface area contributed by atoms with Gasteiger partial charge in [-0.2, -0.15) is 4.98 Å². The number of hydrogen-bond acceptors (Lipinski definition) is 4. The molecule has 0 radical (unpaired) electrons. The number of nitrogens with one attached hydrogen (secondary N) is 1. The van der Waals surface area contributed by atoms with Crippen molar-refractivity contribution in [1.29, 1.82) is 0 Å². The van der Waals surface area contributed by atoms with E-state index in [1.807, 2.05) is 25.1 Å². The molecule has 1 N–H and O–H groups in total. The summed E-state index contributed by atoms with van der Waals surface area (Å²) in [6, 6.07) is 10.2. The maximum atomic E-state index is 4.39. The number of aromatic nitrogens is 2. The summed E-state index contributed by atoms with van der Waals surface area (Å²) >= 11 is 0. The summed E-state index contributed by atoms with van der Waals surface area (Å²) in [6.07, 6.45) is 1.75. The highest BCUT2D eigenvalue weighted by Crippen LogP contribution is 2.21. The molecule has 0 aliphatic carbocycles. The predicted octanol–water partition coefficient (Wildman–Crippen LogP) is 2.59. The average molecular weight is 228 g/mol. The van der Waals surface area contributed by atoms with Crippen molar-refractivity contribution in [2.24, 2.45) is 0 Å².